The van der Waals surface area contributed by atoms with Gasteiger partial charge < -0.3 is 20.3 Å². The molecule has 0 bridgehead atoms. The molecule has 6 nitrogen and oxygen atoms in total. The Morgan fingerprint density at radius 2 is 1.50 bits per heavy atom. The minimum absolute atomic E-state index is 0.431. The highest BCUT2D eigenvalue weighted by Gasteiger charge is 2.08. The number of aliphatic hydroxyl groups excluding tert-OH is 1. The van der Waals surface area contributed by atoms with E-state index in [9.17, 15) is 0 Å². The fourth-order valence-corrected chi connectivity index (χ4v) is 3.63. The lowest BCUT2D eigenvalue weighted by atomic mass is 10.1. The highest BCUT2D eigenvalue weighted by molar-refractivity contribution is 7.98. The van der Waals surface area contributed by atoms with E-state index in [0.29, 0.717) is 17.3 Å². The Bertz CT molecular complexity index is 1120. The maximum Gasteiger partial charge on any atom is 0.162 e. The summed E-state index contributed by atoms with van der Waals surface area (Å²) >= 11 is 1.81. The van der Waals surface area contributed by atoms with Crippen LogP contribution in [0, 0.1) is 6.92 Å². The average Bonchev–Trinajstić information content (AvgIpc) is 2.80. The molecule has 30 heavy (non-hydrogen) atoms. The number of ether oxygens (including phenoxy) is 2. The fourth-order valence-electron chi connectivity index (χ4n) is 3.02. The monoisotopic (exact) mass is 425 g/mol. The van der Waals surface area contributed by atoms with Crippen molar-refractivity contribution in [3.63, 3.8) is 0 Å². The van der Waals surface area contributed by atoms with Crippen LogP contribution in [0.25, 0.3) is 21.7 Å². The molecular formula is C23H27N3O3S. The SMILES string of the molecule is CO.COc1cc2ncnc(N)c2cc1OC.CSc1cccc2c(C)cccc12. The van der Waals surface area contributed by atoms with E-state index < -0.39 is 0 Å². The third-order valence-electron chi connectivity index (χ3n) is 4.49. The van der Waals surface area contributed by atoms with Crippen LogP contribution in [-0.2, 0) is 0 Å². The number of aryl methyl sites for hydroxylation is 1. The molecule has 4 rings (SSSR count). The number of methoxy groups -OCH3 is 2. The largest absolute Gasteiger partial charge is 0.493 e. The number of hydrogen-bond acceptors (Lipinski definition) is 7. The van der Waals surface area contributed by atoms with Crippen molar-refractivity contribution in [2.75, 3.05) is 33.3 Å². The van der Waals surface area contributed by atoms with Crippen molar-refractivity contribution in [3.05, 3.63) is 60.4 Å². The molecule has 158 valence electrons. The van der Waals surface area contributed by atoms with Crippen LogP contribution in [0.3, 0.4) is 0 Å². The molecule has 4 aromatic rings. The van der Waals surface area contributed by atoms with E-state index in [4.69, 9.17) is 20.3 Å². The van der Waals surface area contributed by atoms with Crippen molar-refractivity contribution in [2.45, 2.75) is 11.8 Å². The summed E-state index contributed by atoms with van der Waals surface area (Å²) in [6.45, 7) is 2.16. The Morgan fingerprint density at radius 1 is 0.867 bits per heavy atom. The lowest BCUT2D eigenvalue weighted by Gasteiger charge is -2.08. The average molecular weight is 426 g/mol. The first kappa shape index (κ1) is 23.3. The molecule has 1 aromatic heterocycles. The van der Waals surface area contributed by atoms with Crippen molar-refractivity contribution in [3.8, 4) is 11.5 Å². The number of anilines is 1. The van der Waals surface area contributed by atoms with Crippen molar-refractivity contribution in [1.82, 2.24) is 9.97 Å². The number of nitrogen functional groups attached to an aromatic ring is 1. The Morgan fingerprint density at radius 3 is 2.17 bits per heavy atom. The van der Waals surface area contributed by atoms with Crippen LogP contribution < -0.4 is 15.2 Å². The van der Waals surface area contributed by atoms with Gasteiger partial charge in [-0.3, -0.25) is 0 Å². The second-order valence-corrected chi connectivity index (χ2v) is 6.96. The standard InChI is InChI=1S/C12H12S.C10H11N3O2.CH4O/c1-9-5-3-7-11-10(9)6-4-8-12(11)13-2;1-14-8-3-6-7(4-9(8)15-2)12-5-13-10(6)11;1-2/h3-8H,1-2H3;3-5H,1-2H3,(H2,11,12,13);2H,1H3. The molecule has 0 unspecified atom stereocenters. The summed E-state index contributed by atoms with van der Waals surface area (Å²) < 4.78 is 10.3. The predicted molar refractivity (Wildman–Crippen MR) is 126 cm³/mol. The maximum absolute atomic E-state index is 7.00. The van der Waals surface area contributed by atoms with E-state index >= 15 is 0 Å². The normalized spacial score (nSPS) is 9.93. The van der Waals surface area contributed by atoms with Gasteiger partial charge >= 0.3 is 0 Å². The van der Waals surface area contributed by atoms with Gasteiger partial charge in [0.05, 0.1) is 19.7 Å². The molecule has 0 fully saturated rings. The summed E-state index contributed by atoms with van der Waals surface area (Å²) in [4.78, 5) is 9.37. The molecule has 0 aliphatic carbocycles. The highest BCUT2D eigenvalue weighted by atomic mass is 32.2. The quantitative estimate of drug-likeness (QED) is 0.459. The molecular weight excluding hydrogens is 398 g/mol. The van der Waals surface area contributed by atoms with Gasteiger partial charge in [-0.1, -0.05) is 30.3 Å². The van der Waals surface area contributed by atoms with Crippen LogP contribution in [0.15, 0.2) is 59.8 Å². The minimum atomic E-state index is 0.431. The van der Waals surface area contributed by atoms with Crippen molar-refractivity contribution in [1.29, 1.82) is 0 Å². The molecule has 3 aromatic carbocycles. The highest BCUT2D eigenvalue weighted by Crippen LogP contribution is 2.32. The lowest BCUT2D eigenvalue weighted by molar-refractivity contribution is 0.356. The smallest absolute Gasteiger partial charge is 0.162 e. The lowest BCUT2D eigenvalue weighted by Crippen LogP contribution is -1.96. The molecule has 7 heteroatoms. The van der Waals surface area contributed by atoms with E-state index in [0.717, 1.165) is 18.0 Å². The van der Waals surface area contributed by atoms with E-state index in [1.54, 1.807) is 38.1 Å². The van der Waals surface area contributed by atoms with E-state index in [2.05, 4.69) is 59.5 Å². The zero-order valence-electron chi connectivity index (χ0n) is 17.8. The third kappa shape index (κ3) is 5.11. The number of benzene rings is 3. The van der Waals surface area contributed by atoms with Crippen molar-refractivity contribution < 1.29 is 14.6 Å². The first-order valence-electron chi connectivity index (χ1n) is 9.18. The number of aliphatic hydroxyl groups is 1. The Labute approximate surface area is 181 Å². The van der Waals surface area contributed by atoms with Crippen LogP contribution in [0.1, 0.15) is 5.56 Å². The molecule has 0 amide bonds. The van der Waals surface area contributed by atoms with Crippen LogP contribution in [-0.4, -0.2) is 42.7 Å². The summed E-state index contributed by atoms with van der Waals surface area (Å²) in [6, 6.07) is 16.5. The number of rotatable bonds is 3. The number of nitrogens with two attached hydrogens (primary N) is 1. The van der Waals surface area contributed by atoms with Gasteiger partial charge in [0.1, 0.15) is 12.1 Å². The zero-order chi connectivity index (χ0) is 22.1. The van der Waals surface area contributed by atoms with Gasteiger partial charge in [0.25, 0.3) is 0 Å². The van der Waals surface area contributed by atoms with Crippen molar-refractivity contribution in [2.24, 2.45) is 0 Å². The molecule has 0 saturated heterocycles. The second-order valence-electron chi connectivity index (χ2n) is 6.11. The van der Waals surface area contributed by atoms with E-state index in [-0.39, 0.29) is 0 Å². The number of fused-ring (bicyclic) bond motifs is 2. The summed E-state index contributed by atoms with van der Waals surface area (Å²) in [5.74, 6) is 1.68. The zero-order valence-corrected chi connectivity index (χ0v) is 18.7. The van der Waals surface area contributed by atoms with Gasteiger partial charge in [0.15, 0.2) is 11.5 Å². The molecule has 0 saturated carbocycles. The maximum atomic E-state index is 7.00. The topological polar surface area (TPSA) is 90.5 Å². The summed E-state index contributed by atoms with van der Waals surface area (Å²) in [5, 5.41) is 10.5. The van der Waals surface area contributed by atoms with Gasteiger partial charge in [-0.2, -0.15) is 0 Å². The van der Waals surface area contributed by atoms with E-state index in [1.165, 1.54) is 27.6 Å². The van der Waals surface area contributed by atoms with Crippen LogP contribution >= 0.6 is 11.8 Å². The summed E-state index contributed by atoms with van der Waals surface area (Å²) in [7, 11) is 4.15. The Hall–Kier alpha value is -3.03. The van der Waals surface area contributed by atoms with E-state index in [1.807, 2.05) is 0 Å². The van der Waals surface area contributed by atoms with Gasteiger partial charge in [0.2, 0.25) is 0 Å². The van der Waals surface area contributed by atoms with Gasteiger partial charge in [-0.25, -0.2) is 9.97 Å². The molecule has 0 radical (unpaired) electrons. The molecule has 0 spiro atoms. The van der Waals surface area contributed by atoms with Crippen molar-refractivity contribution >= 4 is 39.3 Å². The second kappa shape index (κ2) is 11.2. The molecule has 0 atom stereocenters. The van der Waals surface area contributed by atoms with Gasteiger partial charge in [0, 0.05) is 23.5 Å². The van der Waals surface area contributed by atoms with Crippen LogP contribution in [0.4, 0.5) is 5.82 Å². The van der Waals surface area contributed by atoms with Gasteiger partial charge in [-0.15, -0.1) is 11.8 Å². The van der Waals surface area contributed by atoms with Crippen LogP contribution in [0.5, 0.6) is 11.5 Å². The molecule has 0 aliphatic heterocycles. The first-order chi connectivity index (χ1) is 14.6. The summed E-state index contributed by atoms with van der Waals surface area (Å²) in [5.41, 5.74) is 7.82. The van der Waals surface area contributed by atoms with Gasteiger partial charge in [-0.05, 0) is 41.6 Å². The predicted octanol–water partition coefficient (Wildman–Crippen LogP) is 4.71. The number of thioether (sulfide) groups is 1. The Kier molecular flexibility index (Phi) is 8.70. The third-order valence-corrected chi connectivity index (χ3v) is 5.29. The molecule has 1 heterocycles. The van der Waals surface area contributed by atoms with Crippen LogP contribution in [0.2, 0.25) is 0 Å². The number of nitrogens with zero attached hydrogens (tertiary/aromatic N) is 2. The first-order valence-corrected chi connectivity index (χ1v) is 10.4. The Balaban J connectivity index is 0.000000199. The number of hydrogen-bond donors (Lipinski definition) is 2. The minimum Gasteiger partial charge on any atom is -0.493 e. The number of aromatic nitrogens is 2. The molecule has 0 aliphatic rings. The summed E-state index contributed by atoms with van der Waals surface area (Å²) in [6.07, 6.45) is 3.54. The fraction of sp³-hybridized carbons (Fsp3) is 0.217. The molecule has 3 N–H and O–H groups in total.